The van der Waals surface area contributed by atoms with Gasteiger partial charge in [-0.3, -0.25) is 9.59 Å². The Morgan fingerprint density at radius 3 is 2.53 bits per heavy atom. The van der Waals surface area contributed by atoms with Crippen molar-refractivity contribution in [3.63, 3.8) is 0 Å². The van der Waals surface area contributed by atoms with Crippen molar-refractivity contribution in [3.8, 4) is 5.75 Å². The van der Waals surface area contributed by atoms with Crippen LogP contribution in [0.2, 0.25) is 0 Å². The molecule has 1 rings (SSSR count). The fourth-order valence-electron chi connectivity index (χ4n) is 1.72. The summed E-state index contributed by atoms with van der Waals surface area (Å²) >= 11 is 0. The molecule has 0 spiro atoms. The second kappa shape index (κ2) is 6.33. The monoisotopic (exact) mass is 265 g/mol. The maximum atomic E-state index is 11.9. The van der Waals surface area contributed by atoms with Crippen molar-refractivity contribution in [1.82, 2.24) is 0 Å². The maximum absolute atomic E-state index is 11.9. The molecule has 0 saturated carbocycles. The number of hydrogen-bond acceptors (Lipinski definition) is 5. The van der Waals surface area contributed by atoms with Gasteiger partial charge in [-0.25, -0.2) is 0 Å². The van der Waals surface area contributed by atoms with Gasteiger partial charge in [0, 0.05) is 6.42 Å². The van der Waals surface area contributed by atoms with Crippen molar-refractivity contribution in [3.05, 3.63) is 29.8 Å². The highest BCUT2D eigenvalue weighted by Gasteiger charge is 2.26. The van der Waals surface area contributed by atoms with Crippen LogP contribution >= 0.6 is 0 Å². The number of aromatic hydroxyl groups is 1. The van der Waals surface area contributed by atoms with Crippen molar-refractivity contribution in [2.45, 2.75) is 38.3 Å². The molecule has 0 saturated heterocycles. The van der Waals surface area contributed by atoms with E-state index in [2.05, 4.69) is 0 Å². The lowest BCUT2D eigenvalue weighted by atomic mass is 9.94. The lowest BCUT2D eigenvalue weighted by Gasteiger charge is -2.23. The molecule has 0 aliphatic heterocycles. The van der Waals surface area contributed by atoms with Crippen LogP contribution in [0.1, 0.15) is 25.8 Å². The lowest BCUT2D eigenvalue weighted by molar-refractivity contribution is -0.143. The third-order valence-corrected chi connectivity index (χ3v) is 2.77. The number of ketones is 1. The van der Waals surface area contributed by atoms with E-state index in [0.29, 0.717) is 12.9 Å². The number of ether oxygens (including phenoxy) is 1. The number of rotatable bonds is 7. The van der Waals surface area contributed by atoms with Gasteiger partial charge in [-0.2, -0.15) is 0 Å². The zero-order chi connectivity index (χ0) is 14.5. The highest BCUT2D eigenvalue weighted by atomic mass is 16.5. The first-order chi connectivity index (χ1) is 8.84. The van der Waals surface area contributed by atoms with Gasteiger partial charge in [-0.15, -0.1) is 0 Å². The predicted molar refractivity (Wildman–Crippen MR) is 70.6 cm³/mol. The SMILES string of the molecule is CC(C)(CC(=O)C(N)Cc1ccc(O)cc1)OC=O. The normalized spacial score (nSPS) is 12.8. The van der Waals surface area contributed by atoms with Crippen LogP contribution in [0.15, 0.2) is 24.3 Å². The highest BCUT2D eigenvalue weighted by Crippen LogP contribution is 2.16. The van der Waals surface area contributed by atoms with Gasteiger partial charge in [0.1, 0.15) is 11.4 Å². The Morgan fingerprint density at radius 2 is 2.00 bits per heavy atom. The summed E-state index contributed by atoms with van der Waals surface area (Å²) in [5, 5.41) is 9.16. The summed E-state index contributed by atoms with van der Waals surface area (Å²) in [5.74, 6) is 0.00379. The van der Waals surface area contributed by atoms with Crippen LogP contribution in [0.25, 0.3) is 0 Å². The zero-order valence-corrected chi connectivity index (χ0v) is 11.1. The van der Waals surface area contributed by atoms with Gasteiger partial charge < -0.3 is 15.6 Å². The van der Waals surface area contributed by atoms with E-state index in [-0.39, 0.29) is 18.0 Å². The fourth-order valence-corrected chi connectivity index (χ4v) is 1.72. The Hall–Kier alpha value is -1.88. The number of nitrogens with two attached hydrogens (primary N) is 1. The van der Waals surface area contributed by atoms with Crippen LogP contribution in [0.4, 0.5) is 0 Å². The molecule has 1 unspecified atom stereocenters. The first kappa shape index (κ1) is 15.2. The minimum atomic E-state index is -0.842. The minimum absolute atomic E-state index is 0.0744. The van der Waals surface area contributed by atoms with Crippen LogP contribution in [0.3, 0.4) is 0 Å². The van der Waals surface area contributed by atoms with E-state index >= 15 is 0 Å². The van der Waals surface area contributed by atoms with E-state index in [1.165, 1.54) is 0 Å². The van der Waals surface area contributed by atoms with Gasteiger partial charge in [0.05, 0.1) is 6.04 Å². The molecule has 1 atom stereocenters. The Morgan fingerprint density at radius 1 is 1.42 bits per heavy atom. The van der Waals surface area contributed by atoms with Crippen molar-refractivity contribution in [2.75, 3.05) is 0 Å². The molecular formula is C14H19NO4. The average molecular weight is 265 g/mol. The Bertz CT molecular complexity index is 439. The summed E-state index contributed by atoms with van der Waals surface area (Å²) in [4.78, 5) is 22.2. The molecule has 104 valence electrons. The molecule has 0 aliphatic carbocycles. The van der Waals surface area contributed by atoms with Gasteiger partial charge in [-0.05, 0) is 38.0 Å². The third-order valence-electron chi connectivity index (χ3n) is 2.77. The van der Waals surface area contributed by atoms with E-state index < -0.39 is 11.6 Å². The molecule has 3 N–H and O–H groups in total. The number of carbonyl (C=O) groups is 2. The van der Waals surface area contributed by atoms with E-state index in [1.54, 1.807) is 38.1 Å². The van der Waals surface area contributed by atoms with Crippen LogP contribution < -0.4 is 5.73 Å². The van der Waals surface area contributed by atoms with Crippen LogP contribution in [0, 0.1) is 0 Å². The Kier molecular flexibility index (Phi) is 5.06. The summed E-state index contributed by atoms with van der Waals surface area (Å²) < 4.78 is 4.83. The molecule has 1 aromatic rings. The molecule has 0 radical (unpaired) electrons. The smallest absolute Gasteiger partial charge is 0.293 e. The molecule has 1 aromatic carbocycles. The summed E-state index contributed by atoms with van der Waals surface area (Å²) in [5.41, 5.74) is 5.86. The van der Waals surface area contributed by atoms with Gasteiger partial charge in [0.15, 0.2) is 5.78 Å². The molecule has 5 nitrogen and oxygen atoms in total. The summed E-state index contributed by atoms with van der Waals surface area (Å²) in [6, 6.07) is 5.88. The largest absolute Gasteiger partial charge is 0.508 e. The van der Waals surface area contributed by atoms with E-state index in [1.807, 2.05) is 0 Å². The highest BCUT2D eigenvalue weighted by molar-refractivity contribution is 5.85. The summed E-state index contributed by atoms with van der Waals surface area (Å²) in [7, 11) is 0. The molecule has 0 aromatic heterocycles. The van der Waals surface area contributed by atoms with Gasteiger partial charge >= 0.3 is 0 Å². The van der Waals surface area contributed by atoms with Crippen molar-refractivity contribution in [1.29, 1.82) is 0 Å². The van der Waals surface area contributed by atoms with Crippen molar-refractivity contribution in [2.24, 2.45) is 5.73 Å². The fraction of sp³-hybridized carbons (Fsp3) is 0.429. The number of Topliss-reactive ketones (excluding diaryl/α,β-unsaturated/α-hetero) is 1. The van der Waals surface area contributed by atoms with E-state index in [9.17, 15) is 9.59 Å². The molecule has 0 heterocycles. The predicted octanol–water partition coefficient (Wildman–Crippen LogP) is 1.17. The minimum Gasteiger partial charge on any atom is -0.508 e. The van der Waals surface area contributed by atoms with Crippen molar-refractivity contribution >= 4 is 12.3 Å². The number of carbonyl (C=O) groups excluding carboxylic acids is 2. The summed E-state index contributed by atoms with van der Waals surface area (Å²) in [6.07, 6.45) is 0.460. The maximum Gasteiger partial charge on any atom is 0.293 e. The van der Waals surface area contributed by atoms with Crippen LogP contribution in [-0.2, 0) is 20.7 Å². The van der Waals surface area contributed by atoms with Gasteiger partial charge in [-0.1, -0.05) is 12.1 Å². The first-order valence-corrected chi connectivity index (χ1v) is 6.02. The average Bonchev–Trinajstić information content (AvgIpc) is 2.31. The number of phenolic OH excluding ortho intramolecular Hbond substituents is 1. The third kappa shape index (κ3) is 5.09. The van der Waals surface area contributed by atoms with Gasteiger partial charge in [0.2, 0.25) is 0 Å². The van der Waals surface area contributed by atoms with Gasteiger partial charge in [0.25, 0.3) is 6.47 Å². The standard InChI is InChI=1S/C14H19NO4/c1-14(2,19-9-16)8-13(18)12(15)7-10-3-5-11(17)6-4-10/h3-6,9,12,17H,7-8,15H2,1-2H3. The Balaban J connectivity index is 2.57. The molecule has 19 heavy (non-hydrogen) atoms. The first-order valence-electron chi connectivity index (χ1n) is 6.02. The number of phenols is 1. The molecule has 5 heteroatoms. The number of benzene rings is 1. The lowest BCUT2D eigenvalue weighted by Crippen LogP contribution is -2.38. The topological polar surface area (TPSA) is 89.6 Å². The van der Waals surface area contributed by atoms with E-state index in [4.69, 9.17) is 15.6 Å². The zero-order valence-electron chi connectivity index (χ0n) is 11.1. The molecule has 0 amide bonds. The second-order valence-electron chi connectivity index (χ2n) is 5.09. The van der Waals surface area contributed by atoms with Crippen molar-refractivity contribution < 1.29 is 19.4 Å². The number of hydrogen-bond donors (Lipinski definition) is 2. The summed E-state index contributed by atoms with van der Waals surface area (Å²) in [6.45, 7) is 3.65. The molecular weight excluding hydrogens is 246 g/mol. The second-order valence-corrected chi connectivity index (χ2v) is 5.09. The van der Waals surface area contributed by atoms with E-state index in [0.717, 1.165) is 5.56 Å². The molecule has 0 fully saturated rings. The molecule has 0 bridgehead atoms. The van der Waals surface area contributed by atoms with Crippen LogP contribution in [-0.4, -0.2) is 29.0 Å². The Labute approximate surface area is 112 Å². The van der Waals surface area contributed by atoms with Crippen LogP contribution in [0.5, 0.6) is 5.75 Å². The quantitative estimate of drug-likeness (QED) is 0.722. The molecule has 0 aliphatic rings.